The maximum absolute atomic E-state index is 11.1. The first kappa shape index (κ1) is 12.4. The fraction of sp³-hybridized carbons (Fsp3) is 0.188. The average Bonchev–Trinajstić information content (AvgIpc) is 2.43. The molecule has 0 atom stereocenters. The zero-order chi connectivity index (χ0) is 13.0. The second kappa shape index (κ2) is 5.50. The Bertz CT molecular complexity index is 597. The first-order valence-corrected chi connectivity index (χ1v) is 5.93. The molecule has 0 spiro atoms. The summed E-state index contributed by atoms with van der Waals surface area (Å²) in [5.41, 5.74) is 2.23. The molecule has 0 aliphatic carbocycles. The van der Waals surface area contributed by atoms with Crippen LogP contribution in [-0.4, -0.2) is 13.1 Å². The van der Waals surface area contributed by atoms with Gasteiger partial charge in [0.2, 0.25) is 0 Å². The molecule has 0 bridgehead atoms. The van der Waals surface area contributed by atoms with Crippen molar-refractivity contribution in [3.05, 3.63) is 54.1 Å². The molecular formula is C16H16O2. The third-order valence-corrected chi connectivity index (χ3v) is 3.01. The summed E-state index contributed by atoms with van der Waals surface area (Å²) in [4.78, 5) is 11.1. The first-order chi connectivity index (χ1) is 8.70. The average molecular weight is 240 g/mol. The predicted molar refractivity (Wildman–Crippen MR) is 74.2 cm³/mol. The van der Waals surface area contributed by atoms with E-state index in [2.05, 4.69) is 35.1 Å². The minimum Gasteiger partial charge on any atom is -0.469 e. The number of fused-ring (bicyclic) bond motifs is 1. The molecule has 0 aliphatic heterocycles. The number of hydrogen-bond acceptors (Lipinski definition) is 2. The summed E-state index contributed by atoms with van der Waals surface area (Å²) < 4.78 is 4.62. The molecule has 2 heteroatoms. The van der Waals surface area contributed by atoms with Crippen molar-refractivity contribution in [2.75, 3.05) is 7.11 Å². The number of hydrogen-bond donors (Lipinski definition) is 0. The van der Waals surface area contributed by atoms with Gasteiger partial charge in [-0.2, -0.15) is 0 Å². The summed E-state index contributed by atoms with van der Waals surface area (Å²) >= 11 is 0. The normalized spacial score (nSPS) is 11.6. The van der Waals surface area contributed by atoms with Gasteiger partial charge in [0, 0.05) is 0 Å². The third kappa shape index (κ3) is 2.77. The summed E-state index contributed by atoms with van der Waals surface area (Å²) in [6.07, 6.45) is 2.21. The lowest BCUT2D eigenvalue weighted by molar-refractivity contribution is -0.139. The van der Waals surface area contributed by atoms with E-state index in [1.165, 1.54) is 17.9 Å². The van der Waals surface area contributed by atoms with E-state index in [9.17, 15) is 4.79 Å². The minimum atomic E-state index is -0.213. The number of rotatable bonds is 3. The van der Waals surface area contributed by atoms with Gasteiger partial charge in [-0.05, 0) is 34.9 Å². The highest BCUT2D eigenvalue weighted by Crippen LogP contribution is 2.21. The Labute approximate surface area is 107 Å². The van der Waals surface area contributed by atoms with Gasteiger partial charge in [-0.1, -0.05) is 42.5 Å². The van der Waals surface area contributed by atoms with Crippen molar-refractivity contribution in [2.24, 2.45) is 0 Å². The summed E-state index contributed by atoms with van der Waals surface area (Å²) in [6.45, 7) is 2.01. The number of carbonyl (C=O) groups excluding carboxylic acids is 1. The standard InChI is InChI=1S/C16H16O2/c1-12(7-10-16(17)18-2)14-9-8-13-5-3-4-6-15(13)11-14/h3-9,11H,10H2,1-2H3/b12-7+. The second-order valence-electron chi connectivity index (χ2n) is 4.23. The first-order valence-electron chi connectivity index (χ1n) is 5.93. The van der Waals surface area contributed by atoms with E-state index in [-0.39, 0.29) is 5.97 Å². The monoisotopic (exact) mass is 240 g/mol. The molecule has 0 unspecified atom stereocenters. The minimum absolute atomic E-state index is 0.213. The zero-order valence-electron chi connectivity index (χ0n) is 10.6. The Kier molecular flexibility index (Phi) is 3.78. The summed E-state index contributed by atoms with van der Waals surface area (Å²) in [5, 5.41) is 2.43. The topological polar surface area (TPSA) is 26.3 Å². The highest BCUT2D eigenvalue weighted by Gasteiger charge is 2.00. The molecule has 92 valence electrons. The SMILES string of the molecule is COC(=O)C/C=C(\C)c1ccc2ccccc2c1. The van der Waals surface area contributed by atoms with Gasteiger partial charge in [-0.15, -0.1) is 0 Å². The Hall–Kier alpha value is -2.09. The number of esters is 1. The molecule has 2 rings (SSSR count). The quantitative estimate of drug-likeness (QED) is 0.763. The van der Waals surface area contributed by atoms with E-state index in [0.717, 1.165) is 11.1 Å². The van der Waals surface area contributed by atoms with Gasteiger partial charge in [-0.25, -0.2) is 0 Å². The van der Waals surface area contributed by atoms with Crippen molar-refractivity contribution in [2.45, 2.75) is 13.3 Å². The van der Waals surface area contributed by atoms with Gasteiger partial charge in [-0.3, -0.25) is 4.79 Å². The lowest BCUT2D eigenvalue weighted by Crippen LogP contribution is -1.97. The van der Waals surface area contributed by atoms with E-state index in [1.807, 2.05) is 25.1 Å². The maximum atomic E-state index is 11.1. The van der Waals surface area contributed by atoms with Gasteiger partial charge in [0.1, 0.15) is 0 Å². The van der Waals surface area contributed by atoms with Crippen molar-refractivity contribution in [3.63, 3.8) is 0 Å². The van der Waals surface area contributed by atoms with E-state index >= 15 is 0 Å². The summed E-state index contributed by atoms with van der Waals surface area (Å²) in [5.74, 6) is -0.213. The number of allylic oxidation sites excluding steroid dienone is 1. The molecular weight excluding hydrogens is 224 g/mol. The fourth-order valence-electron chi connectivity index (χ4n) is 1.87. The van der Waals surface area contributed by atoms with E-state index in [1.54, 1.807) is 0 Å². The van der Waals surface area contributed by atoms with Crippen LogP contribution < -0.4 is 0 Å². The van der Waals surface area contributed by atoms with Gasteiger partial charge < -0.3 is 4.74 Å². The van der Waals surface area contributed by atoms with Crippen LogP contribution in [0.2, 0.25) is 0 Å². The van der Waals surface area contributed by atoms with Crippen molar-refractivity contribution in [3.8, 4) is 0 Å². The fourth-order valence-corrected chi connectivity index (χ4v) is 1.87. The predicted octanol–water partition coefficient (Wildman–Crippen LogP) is 3.81. The summed E-state index contributed by atoms with van der Waals surface area (Å²) in [6, 6.07) is 14.5. The zero-order valence-corrected chi connectivity index (χ0v) is 10.6. The Morgan fingerprint density at radius 1 is 1.17 bits per heavy atom. The van der Waals surface area contributed by atoms with Crippen LogP contribution in [0.3, 0.4) is 0 Å². The molecule has 2 aromatic rings. The third-order valence-electron chi connectivity index (χ3n) is 3.01. The van der Waals surface area contributed by atoms with Crippen molar-refractivity contribution < 1.29 is 9.53 Å². The molecule has 18 heavy (non-hydrogen) atoms. The number of benzene rings is 2. The van der Waals surface area contributed by atoms with E-state index in [0.29, 0.717) is 6.42 Å². The lowest BCUT2D eigenvalue weighted by Gasteiger charge is -2.04. The van der Waals surface area contributed by atoms with Crippen molar-refractivity contribution >= 4 is 22.3 Å². The number of carbonyl (C=O) groups is 1. The maximum Gasteiger partial charge on any atom is 0.309 e. The van der Waals surface area contributed by atoms with Gasteiger partial charge in [0.25, 0.3) is 0 Å². The van der Waals surface area contributed by atoms with Crippen LogP contribution in [0.5, 0.6) is 0 Å². The van der Waals surface area contributed by atoms with Crippen LogP contribution >= 0.6 is 0 Å². The van der Waals surface area contributed by atoms with E-state index < -0.39 is 0 Å². The lowest BCUT2D eigenvalue weighted by atomic mass is 10.0. The highest BCUT2D eigenvalue weighted by atomic mass is 16.5. The molecule has 0 saturated heterocycles. The van der Waals surface area contributed by atoms with E-state index in [4.69, 9.17) is 0 Å². The molecule has 2 nitrogen and oxygen atoms in total. The number of methoxy groups -OCH3 is 1. The van der Waals surface area contributed by atoms with Gasteiger partial charge in [0.15, 0.2) is 0 Å². The Morgan fingerprint density at radius 3 is 2.61 bits per heavy atom. The Morgan fingerprint density at radius 2 is 1.89 bits per heavy atom. The molecule has 0 N–H and O–H groups in total. The molecule has 0 amide bonds. The number of ether oxygens (including phenoxy) is 1. The smallest absolute Gasteiger partial charge is 0.309 e. The Balaban J connectivity index is 2.27. The van der Waals surface area contributed by atoms with Crippen LogP contribution in [0.4, 0.5) is 0 Å². The van der Waals surface area contributed by atoms with Crippen LogP contribution in [-0.2, 0) is 9.53 Å². The molecule has 0 heterocycles. The van der Waals surface area contributed by atoms with Crippen molar-refractivity contribution in [1.82, 2.24) is 0 Å². The van der Waals surface area contributed by atoms with Crippen LogP contribution in [0, 0.1) is 0 Å². The van der Waals surface area contributed by atoms with Gasteiger partial charge >= 0.3 is 5.97 Å². The molecule has 0 aromatic heterocycles. The van der Waals surface area contributed by atoms with Crippen LogP contribution in [0.25, 0.3) is 16.3 Å². The second-order valence-corrected chi connectivity index (χ2v) is 4.23. The van der Waals surface area contributed by atoms with Crippen LogP contribution in [0.1, 0.15) is 18.9 Å². The van der Waals surface area contributed by atoms with Crippen LogP contribution in [0.15, 0.2) is 48.5 Å². The molecule has 0 radical (unpaired) electrons. The molecule has 2 aromatic carbocycles. The van der Waals surface area contributed by atoms with Crippen molar-refractivity contribution in [1.29, 1.82) is 0 Å². The largest absolute Gasteiger partial charge is 0.469 e. The molecule has 0 saturated carbocycles. The summed E-state index contributed by atoms with van der Waals surface area (Å²) in [7, 11) is 1.40. The van der Waals surface area contributed by atoms with Gasteiger partial charge in [0.05, 0.1) is 13.5 Å². The molecule has 0 fully saturated rings. The molecule has 0 aliphatic rings. The highest BCUT2D eigenvalue weighted by molar-refractivity contribution is 5.86.